The average Bonchev–Trinajstić information content (AvgIpc) is 2.29. The zero-order valence-electron chi connectivity index (χ0n) is 10.6. The highest BCUT2D eigenvalue weighted by Gasteiger charge is 2.29. The van der Waals surface area contributed by atoms with Crippen LogP contribution < -0.4 is 5.32 Å². The molecule has 0 bridgehead atoms. The van der Waals surface area contributed by atoms with Crippen LogP contribution in [0.15, 0.2) is 0 Å². The van der Waals surface area contributed by atoms with Gasteiger partial charge in [-0.3, -0.25) is 9.69 Å². The van der Waals surface area contributed by atoms with Gasteiger partial charge in [-0.2, -0.15) is 4.31 Å². The standard InChI is InChI=1S/C10H21N3O3S/c1-4-9(10(14)11-2)12-5-7-13(8-6-12)17(3,15)16/h9H,4-8H2,1-3H3,(H,11,14). The van der Waals surface area contributed by atoms with Crippen molar-refractivity contribution in [1.29, 1.82) is 0 Å². The molecule has 1 N–H and O–H groups in total. The summed E-state index contributed by atoms with van der Waals surface area (Å²) in [5.41, 5.74) is 0. The lowest BCUT2D eigenvalue weighted by Gasteiger charge is -2.37. The molecule has 1 amide bonds. The van der Waals surface area contributed by atoms with Gasteiger partial charge >= 0.3 is 0 Å². The molecule has 17 heavy (non-hydrogen) atoms. The number of carbonyl (C=O) groups is 1. The smallest absolute Gasteiger partial charge is 0.237 e. The summed E-state index contributed by atoms with van der Waals surface area (Å²) in [6, 6.07) is -0.151. The maximum Gasteiger partial charge on any atom is 0.237 e. The first kappa shape index (κ1) is 14.4. The third-order valence-corrected chi connectivity index (χ3v) is 4.42. The first-order chi connectivity index (χ1) is 7.90. The Hall–Kier alpha value is -0.660. The fourth-order valence-corrected chi connectivity index (χ4v) is 2.95. The minimum absolute atomic E-state index is 0.000283. The van der Waals surface area contributed by atoms with Crippen LogP contribution >= 0.6 is 0 Å². The SMILES string of the molecule is CCC(C(=O)NC)N1CCN(S(C)(=O)=O)CC1. The summed E-state index contributed by atoms with van der Waals surface area (Å²) in [5.74, 6) is 0.000283. The van der Waals surface area contributed by atoms with Crippen molar-refractivity contribution in [2.75, 3.05) is 39.5 Å². The molecular weight excluding hydrogens is 242 g/mol. The van der Waals surface area contributed by atoms with Gasteiger partial charge < -0.3 is 5.32 Å². The molecule has 1 aliphatic rings. The van der Waals surface area contributed by atoms with Crippen molar-refractivity contribution < 1.29 is 13.2 Å². The lowest BCUT2D eigenvalue weighted by atomic mass is 10.1. The molecule has 7 heteroatoms. The summed E-state index contributed by atoms with van der Waals surface area (Å²) in [7, 11) is -1.48. The van der Waals surface area contributed by atoms with Crippen LogP contribution in [0, 0.1) is 0 Å². The van der Waals surface area contributed by atoms with Gasteiger partial charge in [0.05, 0.1) is 12.3 Å². The summed E-state index contributed by atoms with van der Waals surface area (Å²) >= 11 is 0. The first-order valence-corrected chi connectivity index (χ1v) is 7.65. The van der Waals surface area contributed by atoms with Gasteiger partial charge in [-0.25, -0.2) is 8.42 Å². The normalized spacial score (nSPS) is 21.1. The number of nitrogens with one attached hydrogen (secondary N) is 1. The van der Waals surface area contributed by atoms with Crippen molar-refractivity contribution in [2.24, 2.45) is 0 Å². The van der Waals surface area contributed by atoms with Gasteiger partial charge in [0.25, 0.3) is 0 Å². The minimum atomic E-state index is -3.10. The largest absolute Gasteiger partial charge is 0.358 e. The molecule has 0 aromatic heterocycles. The molecule has 0 radical (unpaired) electrons. The molecule has 0 saturated carbocycles. The second-order valence-corrected chi connectivity index (χ2v) is 6.22. The second kappa shape index (κ2) is 5.79. The van der Waals surface area contributed by atoms with Crippen LogP contribution in [-0.4, -0.2) is 69.1 Å². The van der Waals surface area contributed by atoms with E-state index in [9.17, 15) is 13.2 Å². The van der Waals surface area contributed by atoms with Crippen LogP contribution in [0.1, 0.15) is 13.3 Å². The van der Waals surface area contributed by atoms with Crippen LogP contribution in [0.2, 0.25) is 0 Å². The molecule has 1 heterocycles. The number of likely N-dealkylation sites (N-methyl/N-ethyl adjacent to an activating group) is 1. The quantitative estimate of drug-likeness (QED) is 0.713. The number of carbonyl (C=O) groups excluding carboxylic acids is 1. The van der Waals surface area contributed by atoms with E-state index in [4.69, 9.17) is 0 Å². The molecule has 0 aliphatic carbocycles. The Balaban J connectivity index is 2.59. The van der Waals surface area contributed by atoms with E-state index in [1.807, 2.05) is 11.8 Å². The topological polar surface area (TPSA) is 69.7 Å². The van der Waals surface area contributed by atoms with E-state index in [1.54, 1.807) is 7.05 Å². The molecule has 1 rings (SSSR count). The first-order valence-electron chi connectivity index (χ1n) is 5.81. The number of hydrogen-bond acceptors (Lipinski definition) is 4. The molecule has 1 saturated heterocycles. The summed E-state index contributed by atoms with van der Waals surface area (Å²) in [6.45, 7) is 4.11. The summed E-state index contributed by atoms with van der Waals surface area (Å²) < 4.78 is 24.2. The maximum atomic E-state index is 11.6. The number of sulfonamides is 1. The Morgan fingerprint density at radius 1 is 1.29 bits per heavy atom. The lowest BCUT2D eigenvalue weighted by Crippen LogP contribution is -2.55. The van der Waals surface area contributed by atoms with E-state index in [0.717, 1.165) is 6.42 Å². The van der Waals surface area contributed by atoms with Crippen molar-refractivity contribution in [3.8, 4) is 0 Å². The molecule has 1 aliphatic heterocycles. The van der Waals surface area contributed by atoms with Gasteiger partial charge in [0, 0.05) is 33.2 Å². The summed E-state index contributed by atoms with van der Waals surface area (Å²) in [6.07, 6.45) is 1.96. The third kappa shape index (κ3) is 3.65. The Morgan fingerprint density at radius 3 is 2.18 bits per heavy atom. The van der Waals surface area contributed by atoms with E-state index in [2.05, 4.69) is 5.32 Å². The second-order valence-electron chi connectivity index (χ2n) is 4.24. The van der Waals surface area contributed by atoms with E-state index in [0.29, 0.717) is 26.2 Å². The minimum Gasteiger partial charge on any atom is -0.358 e. The summed E-state index contributed by atoms with van der Waals surface area (Å²) in [4.78, 5) is 13.7. The molecular formula is C10H21N3O3S. The van der Waals surface area contributed by atoms with Gasteiger partial charge in [-0.05, 0) is 6.42 Å². The van der Waals surface area contributed by atoms with Crippen LogP contribution in [0.25, 0.3) is 0 Å². The molecule has 100 valence electrons. The molecule has 0 aromatic rings. The Bertz CT molecular complexity index is 361. The number of hydrogen-bond donors (Lipinski definition) is 1. The van der Waals surface area contributed by atoms with Gasteiger partial charge in [-0.15, -0.1) is 0 Å². The van der Waals surface area contributed by atoms with Gasteiger partial charge in [-0.1, -0.05) is 6.92 Å². The zero-order chi connectivity index (χ0) is 13.1. The third-order valence-electron chi connectivity index (χ3n) is 3.12. The molecule has 0 spiro atoms. The van der Waals surface area contributed by atoms with Crippen molar-refractivity contribution in [1.82, 2.24) is 14.5 Å². The van der Waals surface area contributed by atoms with Crippen LogP contribution in [-0.2, 0) is 14.8 Å². The Labute approximate surface area is 103 Å². The van der Waals surface area contributed by atoms with E-state index in [1.165, 1.54) is 10.6 Å². The fraction of sp³-hybridized carbons (Fsp3) is 0.900. The molecule has 1 atom stereocenters. The number of amides is 1. The average molecular weight is 263 g/mol. The molecule has 1 fully saturated rings. The Kier molecular flexibility index (Phi) is 4.91. The number of rotatable bonds is 4. The van der Waals surface area contributed by atoms with Crippen molar-refractivity contribution in [3.05, 3.63) is 0 Å². The predicted octanol–water partition coefficient (Wildman–Crippen LogP) is -0.912. The maximum absolute atomic E-state index is 11.6. The van der Waals surface area contributed by atoms with Gasteiger partial charge in [0.2, 0.25) is 15.9 Å². The Morgan fingerprint density at radius 2 is 1.82 bits per heavy atom. The highest BCUT2D eigenvalue weighted by molar-refractivity contribution is 7.88. The number of nitrogens with zero attached hydrogens (tertiary/aromatic N) is 2. The van der Waals surface area contributed by atoms with Crippen molar-refractivity contribution in [2.45, 2.75) is 19.4 Å². The number of piperazine rings is 1. The van der Waals surface area contributed by atoms with Crippen LogP contribution in [0.5, 0.6) is 0 Å². The molecule has 6 nitrogen and oxygen atoms in total. The summed E-state index contributed by atoms with van der Waals surface area (Å²) in [5, 5.41) is 2.64. The van der Waals surface area contributed by atoms with Crippen molar-refractivity contribution in [3.63, 3.8) is 0 Å². The lowest BCUT2D eigenvalue weighted by molar-refractivity contribution is -0.126. The molecule has 0 aromatic carbocycles. The highest BCUT2D eigenvalue weighted by atomic mass is 32.2. The van der Waals surface area contributed by atoms with E-state index in [-0.39, 0.29) is 11.9 Å². The van der Waals surface area contributed by atoms with Crippen LogP contribution in [0.3, 0.4) is 0 Å². The van der Waals surface area contributed by atoms with E-state index < -0.39 is 10.0 Å². The highest BCUT2D eigenvalue weighted by Crippen LogP contribution is 2.11. The predicted molar refractivity (Wildman–Crippen MR) is 66.1 cm³/mol. The zero-order valence-corrected chi connectivity index (χ0v) is 11.5. The van der Waals surface area contributed by atoms with Gasteiger partial charge in [0.1, 0.15) is 0 Å². The van der Waals surface area contributed by atoms with Crippen molar-refractivity contribution >= 4 is 15.9 Å². The molecule has 1 unspecified atom stereocenters. The van der Waals surface area contributed by atoms with Gasteiger partial charge in [0.15, 0.2) is 0 Å². The van der Waals surface area contributed by atoms with E-state index >= 15 is 0 Å². The van der Waals surface area contributed by atoms with Crippen LogP contribution in [0.4, 0.5) is 0 Å². The fourth-order valence-electron chi connectivity index (χ4n) is 2.12. The monoisotopic (exact) mass is 263 g/mol.